The summed E-state index contributed by atoms with van der Waals surface area (Å²) in [5, 5.41) is 14.7. The van der Waals surface area contributed by atoms with Crippen LogP contribution in [0.1, 0.15) is 38.4 Å². The van der Waals surface area contributed by atoms with Crippen LogP contribution in [0.5, 0.6) is 0 Å². The van der Waals surface area contributed by atoms with Crippen molar-refractivity contribution in [3.63, 3.8) is 0 Å². The number of hydrogen-bond donors (Lipinski definition) is 3. The van der Waals surface area contributed by atoms with Crippen LogP contribution in [0.25, 0.3) is 10.9 Å². The molecule has 2 aromatic carbocycles. The summed E-state index contributed by atoms with van der Waals surface area (Å²) in [4.78, 5) is 15.3. The van der Waals surface area contributed by atoms with Gasteiger partial charge in [-0.15, -0.1) is 0 Å². The van der Waals surface area contributed by atoms with E-state index in [0.717, 1.165) is 17.6 Å². The molecule has 0 aliphatic carbocycles. The van der Waals surface area contributed by atoms with Crippen LogP contribution in [-0.2, 0) is 19.5 Å². The first-order valence-corrected chi connectivity index (χ1v) is 10.9. The Morgan fingerprint density at radius 3 is 2.66 bits per heavy atom. The van der Waals surface area contributed by atoms with Crippen molar-refractivity contribution in [2.45, 2.75) is 33.4 Å². The molecule has 0 unspecified atom stereocenters. The van der Waals surface area contributed by atoms with E-state index in [1.807, 2.05) is 35.9 Å². The van der Waals surface area contributed by atoms with E-state index >= 15 is 0 Å². The van der Waals surface area contributed by atoms with Crippen LogP contribution in [0.4, 0.5) is 4.39 Å². The molecule has 2 aromatic heterocycles. The third-order valence-electron chi connectivity index (χ3n) is 6.05. The average Bonchev–Trinajstić information content (AvgIpc) is 3.27. The number of nitrogens with one attached hydrogen (secondary N) is 2. The Morgan fingerprint density at radius 1 is 1.12 bits per heavy atom. The summed E-state index contributed by atoms with van der Waals surface area (Å²) in [6, 6.07) is 12.7. The van der Waals surface area contributed by atoms with Gasteiger partial charge in [0.2, 0.25) is 0 Å². The fourth-order valence-electron chi connectivity index (χ4n) is 4.30. The lowest BCUT2D eigenvalue weighted by Gasteiger charge is -2.12. The van der Waals surface area contributed by atoms with Crippen molar-refractivity contribution in [2.75, 3.05) is 6.54 Å². The van der Waals surface area contributed by atoms with Gasteiger partial charge in [0, 0.05) is 51.2 Å². The van der Waals surface area contributed by atoms with E-state index in [-0.39, 0.29) is 12.1 Å². The highest BCUT2D eigenvalue weighted by Gasteiger charge is 2.23. The zero-order valence-corrected chi connectivity index (χ0v) is 18.8. The Hall–Kier alpha value is -3.09. The van der Waals surface area contributed by atoms with Crippen LogP contribution in [0, 0.1) is 19.7 Å². The van der Waals surface area contributed by atoms with Crippen molar-refractivity contribution in [1.82, 2.24) is 14.9 Å². The van der Waals surface area contributed by atoms with Crippen molar-refractivity contribution in [3.05, 3.63) is 93.1 Å². The topological polar surface area (TPSA) is 70.1 Å². The van der Waals surface area contributed by atoms with Crippen molar-refractivity contribution in [3.8, 4) is 0 Å². The number of benzene rings is 2. The van der Waals surface area contributed by atoms with E-state index in [9.17, 15) is 14.3 Å². The van der Waals surface area contributed by atoms with Gasteiger partial charge in [-0.1, -0.05) is 35.9 Å². The molecule has 3 N–H and O–H groups in total. The summed E-state index contributed by atoms with van der Waals surface area (Å²) in [5.41, 5.74) is 5.01. The van der Waals surface area contributed by atoms with Crippen LogP contribution < -0.4 is 5.32 Å². The van der Waals surface area contributed by atoms with Crippen LogP contribution in [0.2, 0.25) is 5.02 Å². The lowest BCUT2D eigenvalue weighted by atomic mass is 10.1. The van der Waals surface area contributed by atoms with Gasteiger partial charge in [0.05, 0.1) is 12.1 Å². The molecule has 166 valence electrons. The molecule has 0 bridgehead atoms. The number of fused-ring (bicyclic) bond motifs is 1. The summed E-state index contributed by atoms with van der Waals surface area (Å²) in [7, 11) is 0. The maximum atomic E-state index is 14.3. The molecule has 0 spiro atoms. The summed E-state index contributed by atoms with van der Waals surface area (Å²) in [5.74, 6) is -1.39. The average molecular weight is 454 g/mol. The SMILES string of the molecule is Cc1c(CNCCc2c[nH]c3ccccc23)c(C(=O)O)c(C)n1Cc1c(F)cccc1Cl. The number of carboxylic acid groups (broad SMARTS) is 1. The molecule has 2 heterocycles. The van der Waals surface area contributed by atoms with E-state index in [1.165, 1.54) is 17.0 Å². The molecule has 0 aliphatic heterocycles. The van der Waals surface area contributed by atoms with Crippen LogP contribution in [-0.4, -0.2) is 27.2 Å². The zero-order chi connectivity index (χ0) is 22.8. The number of carboxylic acids is 1. The first-order chi connectivity index (χ1) is 15.4. The minimum atomic E-state index is -0.989. The molecule has 0 radical (unpaired) electrons. The van der Waals surface area contributed by atoms with Gasteiger partial charge in [-0.3, -0.25) is 0 Å². The molecular weight excluding hydrogens is 429 g/mol. The predicted octanol–water partition coefficient (Wildman–Crippen LogP) is 5.46. The molecule has 0 saturated carbocycles. The number of nitrogens with zero attached hydrogens (tertiary/aromatic N) is 1. The minimum absolute atomic E-state index is 0.179. The summed E-state index contributed by atoms with van der Waals surface area (Å²) < 4.78 is 16.2. The van der Waals surface area contributed by atoms with Gasteiger partial charge < -0.3 is 20.0 Å². The van der Waals surface area contributed by atoms with Crippen molar-refractivity contribution in [1.29, 1.82) is 0 Å². The molecule has 0 aliphatic rings. The number of carbonyl (C=O) groups is 1. The maximum Gasteiger partial charge on any atom is 0.337 e. The highest BCUT2D eigenvalue weighted by atomic mass is 35.5. The molecule has 5 nitrogen and oxygen atoms in total. The molecule has 4 rings (SSSR count). The second-order valence-electron chi connectivity index (χ2n) is 7.90. The third kappa shape index (κ3) is 4.16. The Bertz CT molecular complexity index is 1270. The van der Waals surface area contributed by atoms with Crippen molar-refractivity contribution < 1.29 is 14.3 Å². The van der Waals surface area contributed by atoms with E-state index in [1.54, 1.807) is 19.1 Å². The van der Waals surface area contributed by atoms with E-state index in [2.05, 4.69) is 16.4 Å². The van der Waals surface area contributed by atoms with Crippen LogP contribution in [0.3, 0.4) is 0 Å². The van der Waals surface area contributed by atoms with Gasteiger partial charge in [-0.25, -0.2) is 9.18 Å². The Balaban J connectivity index is 1.53. The number of aromatic carboxylic acids is 1. The number of H-pyrrole nitrogens is 1. The third-order valence-corrected chi connectivity index (χ3v) is 6.40. The second-order valence-corrected chi connectivity index (χ2v) is 8.31. The molecule has 0 amide bonds. The normalized spacial score (nSPS) is 11.4. The van der Waals surface area contributed by atoms with E-state index < -0.39 is 11.8 Å². The Labute approximate surface area is 190 Å². The minimum Gasteiger partial charge on any atom is -0.478 e. The maximum absolute atomic E-state index is 14.3. The second kappa shape index (κ2) is 9.18. The summed E-state index contributed by atoms with van der Waals surface area (Å²) in [6.07, 6.45) is 2.83. The van der Waals surface area contributed by atoms with Gasteiger partial charge >= 0.3 is 5.97 Å². The number of hydrogen-bond acceptors (Lipinski definition) is 2. The first kappa shape index (κ1) is 22.1. The first-order valence-electron chi connectivity index (χ1n) is 10.5. The van der Waals surface area contributed by atoms with Gasteiger partial charge in [-0.2, -0.15) is 0 Å². The molecule has 0 fully saturated rings. The molecule has 32 heavy (non-hydrogen) atoms. The molecule has 0 atom stereocenters. The quantitative estimate of drug-likeness (QED) is 0.310. The fraction of sp³-hybridized carbons (Fsp3) is 0.240. The number of rotatable bonds is 8. The Morgan fingerprint density at radius 2 is 1.91 bits per heavy atom. The van der Waals surface area contributed by atoms with Gasteiger partial charge in [0.15, 0.2) is 0 Å². The number of para-hydroxylation sites is 1. The summed E-state index contributed by atoms with van der Waals surface area (Å²) >= 11 is 6.20. The number of aromatic amines is 1. The molecule has 0 saturated heterocycles. The molecule has 7 heteroatoms. The van der Waals surface area contributed by atoms with Crippen LogP contribution >= 0.6 is 11.6 Å². The summed E-state index contributed by atoms with van der Waals surface area (Å²) in [6.45, 7) is 4.91. The highest BCUT2D eigenvalue weighted by Crippen LogP contribution is 2.27. The molecule has 4 aromatic rings. The predicted molar refractivity (Wildman–Crippen MR) is 125 cm³/mol. The highest BCUT2D eigenvalue weighted by molar-refractivity contribution is 6.31. The van der Waals surface area contributed by atoms with Crippen LogP contribution in [0.15, 0.2) is 48.7 Å². The van der Waals surface area contributed by atoms with Gasteiger partial charge in [-0.05, 0) is 50.6 Å². The standard InChI is InChI=1S/C25H25ClFN3O2/c1-15-19(13-28-11-10-17-12-29-23-9-4-3-6-18(17)23)24(25(31)32)16(2)30(15)14-20-21(26)7-5-8-22(20)27/h3-9,12,28-29H,10-11,13-14H2,1-2H3,(H,31,32). The largest absolute Gasteiger partial charge is 0.478 e. The lowest BCUT2D eigenvalue weighted by molar-refractivity contribution is 0.0694. The van der Waals surface area contributed by atoms with Crippen molar-refractivity contribution in [2.24, 2.45) is 0 Å². The van der Waals surface area contributed by atoms with Gasteiger partial charge in [0.1, 0.15) is 5.82 Å². The smallest absolute Gasteiger partial charge is 0.337 e. The van der Waals surface area contributed by atoms with E-state index in [4.69, 9.17) is 11.6 Å². The number of aromatic nitrogens is 2. The Kier molecular flexibility index (Phi) is 6.35. The fourth-order valence-corrected chi connectivity index (χ4v) is 4.53. The molecular formula is C25H25ClFN3O2. The van der Waals surface area contributed by atoms with Crippen molar-refractivity contribution >= 4 is 28.5 Å². The number of halogens is 2. The lowest BCUT2D eigenvalue weighted by Crippen LogP contribution is -2.18. The zero-order valence-electron chi connectivity index (χ0n) is 18.0. The monoisotopic (exact) mass is 453 g/mol. The van der Waals surface area contributed by atoms with Gasteiger partial charge in [0.25, 0.3) is 0 Å². The van der Waals surface area contributed by atoms with E-state index in [0.29, 0.717) is 34.9 Å².